The second-order valence-corrected chi connectivity index (χ2v) is 10.1. The van der Waals surface area contributed by atoms with Gasteiger partial charge in [-0.15, -0.1) is 0 Å². The van der Waals surface area contributed by atoms with Crippen molar-refractivity contribution >= 4 is 63.7 Å². The highest BCUT2D eigenvalue weighted by Crippen LogP contribution is 2.29. The molecule has 33 heavy (non-hydrogen) atoms. The zero-order valence-electron chi connectivity index (χ0n) is 18.0. The van der Waals surface area contributed by atoms with Crippen molar-refractivity contribution in [3.05, 3.63) is 81.8 Å². The molecule has 0 unspecified atom stereocenters. The Kier molecular flexibility index (Phi) is 7.74. The first-order chi connectivity index (χ1) is 15.5. The van der Waals surface area contributed by atoms with Gasteiger partial charge in [-0.1, -0.05) is 71.2 Å². The molecule has 0 aliphatic carbocycles. The van der Waals surface area contributed by atoms with Crippen molar-refractivity contribution in [3.8, 4) is 5.69 Å². The Bertz CT molecular complexity index is 1240. The average molecular weight is 527 g/mol. The molecule has 174 valence electrons. The molecule has 11 heteroatoms. The molecular formula is C22H22Cl3N5O2S. The monoisotopic (exact) mass is 525 g/mol. The molecule has 1 amide bonds. The van der Waals surface area contributed by atoms with Gasteiger partial charge in [0, 0.05) is 12.6 Å². The van der Waals surface area contributed by atoms with E-state index in [0.717, 1.165) is 5.56 Å². The molecule has 0 aliphatic rings. The minimum atomic E-state index is -1.93. The highest BCUT2D eigenvalue weighted by Gasteiger charge is 2.35. The maximum absolute atomic E-state index is 13.1. The predicted octanol–water partition coefficient (Wildman–Crippen LogP) is 4.21. The molecule has 0 spiro atoms. The van der Waals surface area contributed by atoms with E-state index in [9.17, 15) is 9.59 Å². The van der Waals surface area contributed by atoms with E-state index >= 15 is 0 Å². The maximum Gasteiger partial charge on any atom is 0.295 e. The number of para-hydroxylation sites is 1. The van der Waals surface area contributed by atoms with E-state index in [1.807, 2.05) is 36.4 Å². The summed E-state index contributed by atoms with van der Waals surface area (Å²) in [6, 6.07) is 16.2. The van der Waals surface area contributed by atoms with Gasteiger partial charge >= 0.3 is 0 Å². The third-order valence-electron chi connectivity index (χ3n) is 5.06. The number of nitrogens with one attached hydrogen (secondary N) is 3. The van der Waals surface area contributed by atoms with Gasteiger partial charge in [-0.2, -0.15) is 0 Å². The summed E-state index contributed by atoms with van der Waals surface area (Å²) in [5, 5.41) is 8.30. The first-order valence-electron chi connectivity index (χ1n) is 9.85. The molecule has 3 aromatic rings. The van der Waals surface area contributed by atoms with Crippen molar-refractivity contribution in [2.24, 2.45) is 7.05 Å². The molecule has 0 bridgehead atoms. The van der Waals surface area contributed by atoms with Crippen LogP contribution in [-0.4, -0.2) is 30.3 Å². The smallest absolute Gasteiger partial charge is 0.295 e. The number of aryl methyl sites for hydroxylation is 1. The van der Waals surface area contributed by atoms with Crippen LogP contribution in [0.3, 0.4) is 0 Å². The molecule has 1 aromatic heterocycles. The highest BCUT2D eigenvalue weighted by molar-refractivity contribution is 7.80. The van der Waals surface area contributed by atoms with Crippen LogP contribution in [0.25, 0.3) is 5.69 Å². The van der Waals surface area contributed by atoms with Gasteiger partial charge in [0.15, 0.2) is 5.11 Å². The number of hydrogen-bond donors (Lipinski definition) is 3. The number of alkyl halides is 3. The van der Waals surface area contributed by atoms with Crippen molar-refractivity contribution in [2.45, 2.75) is 23.8 Å². The minimum absolute atomic E-state index is 0.00224. The lowest BCUT2D eigenvalue weighted by Crippen LogP contribution is -2.56. The number of carbonyl (C=O) groups excluding carboxylic acids is 1. The Labute approximate surface area is 211 Å². The number of aromatic nitrogens is 2. The van der Waals surface area contributed by atoms with E-state index < -0.39 is 15.9 Å². The topological polar surface area (TPSA) is 80.1 Å². The molecule has 0 aliphatic heterocycles. The summed E-state index contributed by atoms with van der Waals surface area (Å²) in [6.07, 6.45) is -1.17. The Hall–Kier alpha value is -2.52. The summed E-state index contributed by atoms with van der Waals surface area (Å²) in [7, 11) is 1.76. The SMILES string of the molecule is Cc1ccccc1C(=O)N[C@@H](NC(=S)Nc1c(C)n(C)n(-c2ccccc2)c1=O)C(Cl)(Cl)Cl. The largest absolute Gasteiger partial charge is 0.339 e. The number of amides is 1. The van der Waals surface area contributed by atoms with Gasteiger partial charge < -0.3 is 16.0 Å². The van der Waals surface area contributed by atoms with Gasteiger partial charge in [-0.3, -0.25) is 14.3 Å². The van der Waals surface area contributed by atoms with Gasteiger partial charge in [0.1, 0.15) is 11.9 Å². The van der Waals surface area contributed by atoms with Gasteiger partial charge in [0.2, 0.25) is 3.79 Å². The Morgan fingerprint density at radius 1 is 1.00 bits per heavy atom. The van der Waals surface area contributed by atoms with Crippen molar-refractivity contribution in [3.63, 3.8) is 0 Å². The molecule has 0 radical (unpaired) electrons. The fourth-order valence-electron chi connectivity index (χ4n) is 3.23. The second kappa shape index (κ2) is 10.2. The Balaban J connectivity index is 1.81. The Morgan fingerprint density at radius 2 is 1.61 bits per heavy atom. The number of halogens is 3. The molecule has 3 rings (SSSR count). The highest BCUT2D eigenvalue weighted by atomic mass is 35.6. The normalized spacial score (nSPS) is 12.2. The number of carbonyl (C=O) groups is 1. The first-order valence-corrected chi connectivity index (χ1v) is 11.4. The number of anilines is 1. The fraction of sp³-hybridized carbons (Fsp3) is 0.227. The van der Waals surface area contributed by atoms with Crippen LogP contribution >= 0.6 is 47.0 Å². The molecule has 1 atom stereocenters. The predicted molar refractivity (Wildman–Crippen MR) is 138 cm³/mol. The zero-order valence-corrected chi connectivity index (χ0v) is 21.1. The standard InChI is InChI=1S/C22H22Cl3N5O2S/c1-13-9-7-8-12-16(13)18(31)27-20(22(23,24)25)28-21(33)26-17-14(2)29(3)30(19(17)32)15-10-5-4-6-11-15/h4-12,20H,1-3H3,(H,27,31)(H2,26,28,33)/t20-/m0/s1. The molecule has 0 saturated carbocycles. The third-order valence-corrected chi connectivity index (χ3v) is 5.94. The number of benzene rings is 2. The van der Waals surface area contributed by atoms with Gasteiger partial charge in [0.05, 0.1) is 11.4 Å². The second-order valence-electron chi connectivity index (χ2n) is 7.30. The van der Waals surface area contributed by atoms with Crippen LogP contribution in [0, 0.1) is 13.8 Å². The van der Waals surface area contributed by atoms with Crippen LogP contribution < -0.4 is 21.5 Å². The Morgan fingerprint density at radius 3 is 2.21 bits per heavy atom. The minimum Gasteiger partial charge on any atom is -0.339 e. The molecule has 1 heterocycles. The lowest BCUT2D eigenvalue weighted by atomic mass is 10.1. The van der Waals surface area contributed by atoms with E-state index in [2.05, 4.69) is 16.0 Å². The van der Waals surface area contributed by atoms with E-state index in [4.69, 9.17) is 47.0 Å². The molecule has 7 nitrogen and oxygen atoms in total. The number of rotatable bonds is 5. The number of thiocarbonyl (C=S) groups is 1. The summed E-state index contributed by atoms with van der Waals surface area (Å²) in [5.74, 6) is -0.443. The van der Waals surface area contributed by atoms with Crippen LogP contribution in [0.1, 0.15) is 21.6 Å². The molecule has 3 N–H and O–H groups in total. The summed E-state index contributed by atoms with van der Waals surface area (Å²) in [5.41, 5.74) is 2.49. The van der Waals surface area contributed by atoms with E-state index in [0.29, 0.717) is 16.9 Å². The van der Waals surface area contributed by atoms with Gasteiger partial charge in [0.25, 0.3) is 11.5 Å². The lowest BCUT2D eigenvalue weighted by molar-refractivity contribution is 0.0934. The van der Waals surface area contributed by atoms with Crippen LogP contribution in [0.4, 0.5) is 5.69 Å². The van der Waals surface area contributed by atoms with Gasteiger partial charge in [-0.25, -0.2) is 4.68 Å². The quantitative estimate of drug-likeness (QED) is 0.264. The van der Waals surface area contributed by atoms with Crippen LogP contribution in [0.5, 0.6) is 0 Å². The maximum atomic E-state index is 13.1. The molecule has 0 fully saturated rings. The van der Waals surface area contributed by atoms with Gasteiger partial charge in [-0.05, 0) is 49.8 Å². The molecule has 2 aromatic carbocycles. The molecule has 0 saturated heterocycles. The summed E-state index contributed by atoms with van der Waals surface area (Å²) >= 11 is 23.6. The number of hydrogen-bond acceptors (Lipinski definition) is 3. The van der Waals surface area contributed by atoms with Crippen LogP contribution in [0.15, 0.2) is 59.4 Å². The van der Waals surface area contributed by atoms with E-state index in [1.54, 1.807) is 43.8 Å². The van der Waals surface area contributed by atoms with Crippen LogP contribution in [-0.2, 0) is 7.05 Å². The van der Waals surface area contributed by atoms with Crippen molar-refractivity contribution in [2.75, 3.05) is 5.32 Å². The first kappa shape index (κ1) is 25.1. The van der Waals surface area contributed by atoms with Crippen LogP contribution in [0.2, 0.25) is 0 Å². The lowest BCUT2D eigenvalue weighted by Gasteiger charge is -2.28. The fourth-order valence-corrected chi connectivity index (χ4v) is 3.78. The summed E-state index contributed by atoms with van der Waals surface area (Å²) < 4.78 is 1.28. The third kappa shape index (κ3) is 5.70. The number of nitrogens with zero attached hydrogens (tertiary/aromatic N) is 2. The van der Waals surface area contributed by atoms with Crippen molar-refractivity contribution in [1.29, 1.82) is 0 Å². The zero-order chi connectivity index (χ0) is 24.3. The van der Waals surface area contributed by atoms with E-state index in [-0.39, 0.29) is 16.4 Å². The summed E-state index contributed by atoms with van der Waals surface area (Å²) in [4.78, 5) is 25.8. The van der Waals surface area contributed by atoms with E-state index in [1.165, 1.54) is 4.68 Å². The average Bonchev–Trinajstić information content (AvgIpc) is 2.96. The summed E-state index contributed by atoms with van der Waals surface area (Å²) in [6.45, 7) is 3.58. The van der Waals surface area contributed by atoms with Crippen molar-refractivity contribution in [1.82, 2.24) is 20.0 Å². The molecular weight excluding hydrogens is 505 g/mol. The van der Waals surface area contributed by atoms with Crippen molar-refractivity contribution < 1.29 is 4.79 Å².